The van der Waals surface area contributed by atoms with Gasteiger partial charge < -0.3 is 14.3 Å². The minimum absolute atomic E-state index is 0.321. The second-order valence-electron chi connectivity index (χ2n) is 3.72. The van der Waals surface area contributed by atoms with Crippen molar-refractivity contribution in [2.75, 3.05) is 6.61 Å². The molecule has 0 fully saturated rings. The van der Waals surface area contributed by atoms with E-state index in [2.05, 4.69) is 0 Å². The molecule has 0 saturated heterocycles. The van der Waals surface area contributed by atoms with Crippen LogP contribution in [0.1, 0.15) is 18.3 Å². The van der Waals surface area contributed by atoms with Gasteiger partial charge in [0.2, 0.25) is 0 Å². The van der Waals surface area contributed by atoms with Crippen LogP contribution in [0.4, 0.5) is 0 Å². The minimum Gasteiger partial charge on any atom is -0.492 e. The molecular formula is C13H12Cl2O3. The summed E-state index contributed by atoms with van der Waals surface area (Å²) >= 11 is 11.8. The summed E-state index contributed by atoms with van der Waals surface area (Å²) in [7, 11) is 0. The second-order valence-corrected chi connectivity index (χ2v) is 4.51. The van der Waals surface area contributed by atoms with Gasteiger partial charge in [-0.3, -0.25) is 0 Å². The third-order valence-electron chi connectivity index (χ3n) is 2.44. The number of hydrogen-bond acceptors (Lipinski definition) is 3. The molecule has 1 atom stereocenters. The van der Waals surface area contributed by atoms with E-state index in [1.807, 2.05) is 0 Å². The van der Waals surface area contributed by atoms with E-state index in [9.17, 15) is 5.11 Å². The van der Waals surface area contributed by atoms with E-state index in [-0.39, 0.29) is 0 Å². The van der Waals surface area contributed by atoms with Crippen molar-refractivity contribution in [3.63, 3.8) is 0 Å². The van der Waals surface area contributed by atoms with Crippen molar-refractivity contribution < 1.29 is 14.3 Å². The Kier molecular flexibility index (Phi) is 4.53. The van der Waals surface area contributed by atoms with Gasteiger partial charge in [-0.05, 0) is 24.3 Å². The van der Waals surface area contributed by atoms with Crippen LogP contribution in [0.2, 0.25) is 10.0 Å². The number of aliphatic hydroxyl groups is 1. The summed E-state index contributed by atoms with van der Waals surface area (Å²) < 4.78 is 10.6. The van der Waals surface area contributed by atoms with E-state index < -0.39 is 6.10 Å². The first kappa shape index (κ1) is 13.3. The van der Waals surface area contributed by atoms with E-state index in [0.717, 1.165) is 0 Å². The molecule has 1 N–H and O–H groups in total. The van der Waals surface area contributed by atoms with E-state index in [4.69, 9.17) is 32.4 Å². The quantitative estimate of drug-likeness (QED) is 0.900. The van der Waals surface area contributed by atoms with E-state index in [0.29, 0.717) is 34.6 Å². The van der Waals surface area contributed by atoms with Gasteiger partial charge in [0, 0.05) is 6.42 Å². The van der Waals surface area contributed by atoms with Crippen molar-refractivity contribution in [3.05, 3.63) is 52.4 Å². The van der Waals surface area contributed by atoms with Crippen LogP contribution in [0.3, 0.4) is 0 Å². The van der Waals surface area contributed by atoms with Crippen LogP contribution in [0, 0.1) is 0 Å². The van der Waals surface area contributed by atoms with Crippen molar-refractivity contribution >= 4 is 23.2 Å². The Morgan fingerprint density at radius 3 is 2.78 bits per heavy atom. The lowest BCUT2D eigenvalue weighted by Gasteiger charge is -2.11. The van der Waals surface area contributed by atoms with Gasteiger partial charge in [0.1, 0.15) is 22.6 Å². The van der Waals surface area contributed by atoms with Gasteiger partial charge in [-0.1, -0.05) is 29.3 Å². The highest BCUT2D eigenvalue weighted by molar-refractivity contribution is 6.42. The third kappa shape index (κ3) is 3.19. The molecule has 1 unspecified atom stereocenters. The largest absolute Gasteiger partial charge is 0.492 e. The predicted molar refractivity (Wildman–Crippen MR) is 70.2 cm³/mol. The van der Waals surface area contributed by atoms with Crippen LogP contribution in [-0.2, 0) is 0 Å². The minimum atomic E-state index is -0.682. The molecule has 3 nitrogen and oxygen atoms in total. The van der Waals surface area contributed by atoms with Crippen LogP contribution in [0.5, 0.6) is 5.75 Å². The monoisotopic (exact) mass is 286 g/mol. The molecule has 0 bridgehead atoms. The Balaban J connectivity index is 1.87. The Bertz CT molecular complexity index is 497. The first-order valence-corrected chi connectivity index (χ1v) is 6.22. The molecule has 0 saturated carbocycles. The SMILES string of the molecule is OC(CCOc1cccc(Cl)c1Cl)c1ccco1. The third-order valence-corrected chi connectivity index (χ3v) is 3.24. The molecule has 0 aliphatic heterocycles. The molecule has 2 aromatic rings. The summed E-state index contributed by atoms with van der Waals surface area (Å²) in [5.74, 6) is 1.03. The van der Waals surface area contributed by atoms with Gasteiger partial charge in [0.05, 0.1) is 17.9 Å². The lowest BCUT2D eigenvalue weighted by atomic mass is 10.2. The zero-order valence-corrected chi connectivity index (χ0v) is 11.0. The molecule has 1 heterocycles. The summed E-state index contributed by atoms with van der Waals surface area (Å²) in [5, 5.41) is 10.6. The number of hydrogen-bond donors (Lipinski definition) is 1. The topological polar surface area (TPSA) is 42.6 Å². The molecule has 0 amide bonds. The summed E-state index contributed by atoms with van der Waals surface area (Å²) in [4.78, 5) is 0. The maximum Gasteiger partial charge on any atom is 0.139 e. The van der Waals surface area contributed by atoms with Crippen molar-refractivity contribution in [2.45, 2.75) is 12.5 Å². The maximum absolute atomic E-state index is 9.78. The standard InChI is InChI=1S/C13H12Cl2O3/c14-9-3-1-4-12(13(9)15)18-8-6-10(16)11-5-2-7-17-11/h1-5,7,10,16H,6,8H2. The fourth-order valence-electron chi connectivity index (χ4n) is 1.50. The zero-order chi connectivity index (χ0) is 13.0. The average Bonchev–Trinajstić information content (AvgIpc) is 2.88. The molecule has 1 aromatic carbocycles. The molecular weight excluding hydrogens is 275 g/mol. The molecule has 0 radical (unpaired) electrons. The number of halogens is 2. The van der Waals surface area contributed by atoms with E-state index in [1.54, 1.807) is 30.3 Å². The maximum atomic E-state index is 9.78. The van der Waals surface area contributed by atoms with Crippen LogP contribution in [0.25, 0.3) is 0 Å². The molecule has 2 rings (SSSR count). The van der Waals surface area contributed by atoms with Gasteiger partial charge in [-0.2, -0.15) is 0 Å². The first-order valence-electron chi connectivity index (χ1n) is 5.47. The average molecular weight is 287 g/mol. The fourth-order valence-corrected chi connectivity index (χ4v) is 1.85. The van der Waals surface area contributed by atoms with Crippen LogP contribution >= 0.6 is 23.2 Å². The molecule has 0 aliphatic rings. The van der Waals surface area contributed by atoms with Gasteiger partial charge in [0.25, 0.3) is 0 Å². The first-order chi connectivity index (χ1) is 8.68. The number of benzene rings is 1. The highest BCUT2D eigenvalue weighted by atomic mass is 35.5. The van der Waals surface area contributed by atoms with Gasteiger partial charge in [0.15, 0.2) is 0 Å². The lowest BCUT2D eigenvalue weighted by molar-refractivity contribution is 0.118. The summed E-state index contributed by atoms with van der Waals surface area (Å²) in [6.45, 7) is 0.321. The van der Waals surface area contributed by atoms with Crippen LogP contribution in [0.15, 0.2) is 41.0 Å². The molecule has 5 heteroatoms. The summed E-state index contributed by atoms with van der Waals surface area (Å²) in [5.41, 5.74) is 0. The van der Waals surface area contributed by atoms with Gasteiger partial charge >= 0.3 is 0 Å². The Labute approximate surface area is 115 Å². The number of furan rings is 1. The fraction of sp³-hybridized carbons (Fsp3) is 0.231. The van der Waals surface area contributed by atoms with Crippen molar-refractivity contribution in [1.29, 1.82) is 0 Å². The number of ether oxygens (including phenoxy) is 1. The highest BCUT2D eigenvalue weighted by Gasteiger charge is 2.11. The Morgan fingerprint density at radius 2 is 2.06 bits per heavy atom. The van der Waals surface area contributed by atoms with Gasteiger partial charge in [-0.15, -0.1) is 0 Å². The molecule has 18 heavy (non-hydrogen) atoms. The molecule has 1 aromatic heterocycles. The predicted octanol–water partition coefficient (Wildman–Crippen LogP) is 4.09. The molecule has 0 aliphatic carbocycles. The number of rotatable bonds is 5. The summed E-state index contributed by atoms with van der Waals surface area (Å²) in [6, 6.07) is 8.62. The van der Waals surface area contributed by atoms with E-state index in [1.165, 1.54) is 6.26 Å². The Hall–Kier alpha value is -1.16. The van der Waals surface area contributed by atoms with Crippen LogP contribution in [-0.4, -0.2) is 11.7 Å². The van der Waals surface area contributed by atoms with Gasteiger partial charge in [-0.25, -0.2) is 0 Å². The van der Waals surface area contributed by atoms with Crippen molar-refractivity contribution in [1.82, 2.24) is 0 Å². The Morgan fingerprint density at radius 1 is 1.22 bits per heavy atom. The smallest absolute Gasteiger partial charge is 0.139 e. The zero-order valence-electron chi connectivity index (χ0n) is 9.48. The van der Waals surface area contributed by atoms with Crippen LogP contribution < -0.4 is 4.74 Å². The number of aliphatic hydroxyl groups excluding tert-OH is 1. The highest BCUT2D eigenvalue weighted by Crippen LogP contribution is 2.31. The second kappa shape index (κ2) is 6.14. The van der Waals surface area contributed by atoms with Crippen molar-refractivity contribution in [3.8, 4) is 5.75 Å². The normalized spacial score (nSPS) is 12.4. The lowest BCUT2D eigenvalue weighted by Crippen LogP contribution is -2.04. The van der Waals surface area contributed by atoms with Crippen molar-refractivity contribution in [2.24, 2.45) is 0 Å². The van der Waals surface area contributed by atoms with E-state index >= 15 is 0 Å². The summed E-state index contributed by atoms with van der Waals surface area (Å²) in [6.07, 6.45) is 1.25. The molecule has 0 spiro atoms. The molecule has 96 valence electrons.